The summed E-state index contributed by atoms with van der Waals surface area (Å²) in [6.45, 7) is 16.3. The average molecular weight is 321 g/mol. The van der Waals surface area contributed by atoms with Crippen molar-refractivity contribution in [3.63, 3.8) is 0 Å². The smallest absolute Gasteiger partial charge is 0.322 e. The van der Waals surface area contributed by atoms with Gasteiger partial charge in [-0.25, -0.2) is 0 Å². The second kappa shape index (κ2) is 5.62. The van der Waals surface area contributed by atoms with Crippen LogP contribution in [0, 0.1) is 10.8 Å². The monoisotopic (exact) mass is 321 g/mol. The summed E-state index contributed by atoms with van der Waals surface area (Å²) in [5, 5.41) is 9.54. The number of rotatable bonds is 1. The first-order valence-electron chi connectivity index (χ1n) is 8.36. The first kappa shape index (κ1) is 18.0. The molecule has 5 nitrogen and oxygen atoms in total. The van der Waals surface area contributed by atoms with Crippen molar-refractivity contribution in [2.24, 2.45) is 15.8 Å². The van der Waals surface area contributed by atoms with Gasteiger partial charge in [0.2, 0.25) is 0 Å². The van der Waals surface area contributed by atoms with E-state index in [0.717, 1.165) is 5.84 Å². The van der Waals surface area contributed by atoms with Crippen LogP contribution in [-0.2, 0) is 4.79 Å². The minimum Gasteiger partial charge on any atom is -0.480 e. The fourth-order valence-electron chi connectivity index (χ4n) is 3.78. The van der Waals surface area contributed by atoms with Crippen molar-refractivity contribution in [3.05, 3.63) is 11.3 Å². The van der Waals surface area contributed by atoms with Gasteiger partial charge in [-0.2, -0.15) is 0 Å². The molecule has 0 radical (unpaired) electrons. The Kier molecular flexibility index (Phi) is 4.39. The van der Waals surface area contributed by atoms with E-state index in [0.29, 0.717) is 13.1 Å². The molecule has 0 aromatic carbocycles. The second-order valence-corrected chi connectivity index (χ2v) is 8.87. The molecule has 23 heavy (non-hydrogen) atoms. The topological polar surface area (TPSA) is 56.1 Å². The quantitative estimate of drug-likeness (QED) is 0.807. The summed E-state index contributed by atoms with van der Waals surface area (Å²) < 4.78 is 0. The molecule has 5 heteroatoms. The van der Waals surface area contributed by atoms with Crippen LogP contribution in [0.5, 0.6) is 0 Å². The van der Waals surface area contributed by atoms with Gasteiger partial charge < -0.3 is 10.0 Å². The molecule has 2 aliphatic heterocycles. The highest BCUT2D eigenvalue weighted by atomic mass is 16.4. The molecular formula is C18H31N3O2. The number of aliphatic carboxylic acids is 1. The van der Waals surface area contributed by atoms with Crippen LogP contribution in [0.4, 0.5) is 0 Å². The highest BCUT2D eigenvalue weighted by molar-refractivity contribution is 5.91. The van der Waals surface area contributed by atoms with Crippen LogP contribution >= 0.6 is 0 Å². The van der Waals surface area contributed by atoms with Crippen molar-refractivity contribution in [3.8, 4) is 0 Å². The van der Waals surface area contributed by atoms with Crippen molar-refractivity contribution >= 4 is 11.8 Å². The number of hydrogen-bond donors (Lipinski definition) is 1. The Morgan fingerprint density at radius 2 is 1.74 bits per heavy atom. The molecule has 1 saturated heterocycles. The Labute approximate surface area is 140 Å². The molecule has 1 fully saturated rings. The lowest BCUT2D eigenvalue weighted by Crippen LogP contribution is -2.59. The van der Waals surface area contributed by atoms with Crippen LogP contribution in [0.3, 0.4) is 0 Å². The first-order valence-corrected chi connectivity index (χ1v) is 8.36. The predicted molar refractivity (Wildman–Crippen MR) is 93.6 cm³/mol. The molecule has 0 amide bonds. The normalized spacial score (nSPS) is 27.0. The maximum absolute atomic E-state index is 11.6. The number of amidine groups is 1. The SMILES string of the molecule is C[C@@H]1N=C(C(C)(C)C)N2CC(C(=O)O)N(C)CC2=C1C(C)(C)C. The highest BCUT2D eigenvalue weighted by Gasteiger charge is 2.43. The number of carbonyl (C=O) groups is 1. The van der Waals surface area contributed by atoms with E-state index < -0.39 is 12.0 Å². The van der Waals surface area contributed by atoms with Gasteiger partial charge in [-0.15, -0.1) is 0 Å². The number of carboxylic acid groups (broad SMARTS) is 1. The molecule has 2 atom stereocenters. The lowest BCUT2D eigenvalue weighted by molar-refractivity contribution is -0.143. The van der Waals surface area contributed by atoms with Crippen LogP contribution in [0.15, 0.2) is 16.3 Å². The number of fused-ring (bicyclic) bond motifs is 1. The Hall–Kier alpha value is -1.36. The van der Waals surface area contributed by atoms with Crippen molar-refractivity contribution in [1.82, 2.24) is 9.80 Å². The summed E-state index contributed by atoms with van der Waals surface area (Å²) in [6, 6.07) is -0.369. The zero-order valence-corrected chi connectivity index (χ0v) is 15.8. The molecule has 0 aromatic heterocycles. The van der Waals surface area contributed by atoms with E-state index >= 15 is 0 Å². The fraction of sp³-hybridized carbons (Fsp3) is 0.778. The van der Waals surface area contributed by atoms with Crippen LogP contribution in [0.1, 0.15) is 48.5 Å². The first-order chi connectivity index (χ1) is 10.3. The van der Waals surface area contributed by atoms with Gasteiger partial charge in [0.25, 0.3) is 0 Å². The van der Waals surface area contributed by atoms with Gasteiger partial charge in [0.05, 0.1) is 12.6 Å². The molecule has 1 unspecified atom stereocenters. The van der Waals surface area contributed by atoms with E-state index in [1.54, 1.807) is 0 Å². The zero-order chi connectivity index (χ0) is 17.7. The molecule has 0 saturated carbocycles. The molecule has 0 spiro atoms. The number of nitrogens with zero attached hydrogens (tertiary/aromatic N) is 3. The van der Waals surface area contributed by atoms with Crippen molar-refractivity contribution in [2.75, 3.05) is 20.1 Å². The number of hydrogen-bond acceptors (Lipinski definition) is 4. The highest BCUT2D eigenvalue weighted by Crippen LogP contribution is 2.40. The molecular weight excluding hydrogens is 290 g/mol. The van der Waals surface area contributed by atoms with Crippen LogP contribution in [0.25, 0.3) is 0 Å². The summed E-state index contributed by atoms with van der Waals surface area (Å²) in [6.07, 6.45) is 0. The van der Waals surface area contributed by atoms with Crippen LogP contribution < -0.4 is 0 Å². The van der Waals surface area contributed by atoms with Gasteiger partial charge in [-0.1, -0.05) is 41.5 Å². The summed E-state index contributed by atoms with van der Waals surface area (Å²) >= 11 is 0. The number of piperazine rings is 1. The van der Waals surface area contributed by atoms with Gasteiger partial charge in [0, 0.05) is 17.7 Å². The van der Waals surface area contributed by atoms with Gasteiger partial charge in [-0.3, -0.25) is 14.7 Å². The Bertz CT molecular complexity index is 564. The lowest BCUT2D eigenvalue weighted by atomic mass is 9.78. The molecule has 2 heterocycles. The van der Waals surface area contributed by atoms with E-state index in [9.17, 15) is 9.90 Å². The Morgan fingerprint density at radius 3 is 2.17 bits per heavy atom. The van der Waals surface area contributed by atoms with Gasteiger partial charge in [-0.05, 0) is 25.0 Å². The Morgan fingerprint density at radius 1 is 1.17 bits per heavy atom. The Balaban J connectivity index is 2.57. The van der Waals surface area contributed by atoms with E-state index in [4.69, 9.17) is 4.99 Å². The molecule has 0 aliphatic carbocycles. The van der Waals surface area contributed by atoms with Crippen LogP contribution in [0.2, 0.25) is 0 Å². The van der Waals surface area contributed by atoms with Gasteiger partial charge in [0.15, 0.2) is 0 Å². The molecule has 0 aromatic rings. The largest absolute Gasteiger partial charge is 0.480 e. The molecule has 0 bridgehead atoms. The van der Waals surface area contributed by atoms with E-state index in [2.05, 4.69) is 53.4 Å². The van der Waals surface area contributed by atoms with Crippen molar-refractivity contribution in [1.29, 1.82) is 0 Å². The number of carboxylic acids is 1. The summed E-state index contributed by atoms with van der Waals surface area (Å²) in [5.41, 5.74) is 2.46. The molecule has 2 rings (SSSR count). The third-order valence-corrected chi connectivity index (χ3v) is 4.68. The standard InChI is InChI=1S/C18H31N3O2/c1-11-14(17(2,3)4)12-9-20(8)13(15(22)23)10-21(12)16(19-11)18(5,6)7/h11,13H,9-10H2,1-8H3,(H,22,23)/t11-,13?/m0/s1. The minimum absolute atomic E-state index is 0.0107. The van der Waals surface area contributed by atoms with Gasteiger partial charge in [0.1, 0.15) is 11.9 Å². The number of aliphatic imine (C=N–C) groups is 1. The van der Waals surface area contributed by atoms with E-state index in [-0.39, 0.29) is 16.9 Å². The van der Waals surface area contributed by atoms with Crippen molar-refractivity contribution < 1.29 is 9.90 Å². The van der Waals surface area contributed by atoms with Crippen molar-refractivity contribution in [2.45, 2.75) is 60.5 Å². The maximum atomic E-state index is 11.6. The summed E-state index contributed by atoms with van der Waals surface area (Å²) in [4.78, 5) is 20.7. The molecule has 1 N–H and O–H groups in total. The second-order valence-electron chi connectivity index (χ2n) is 8.87. The third kappa shape index (κ3) is 3.30. The summed E-state index contributed by atoms with van der Waals surface area (Å²) in [7, 11) is 1.90. The lowest BCUT2D eigenvalue weighted by Gasteiger charge is -2.49. The van der Waals surface area contributed by atoms with Crippen LogP contribution in [-0.4, -0.2) is 58.9 Å². The predicted octanol–water partition coefficient (Wildman–Crippen LogP) is 2.83. The fourth-order valence-corrected chi connectivity index (χ4v) is 3.78. The molecule has 2 aliphatic rings. The van der Waals surface area contributed by atoms with E-state index in [1.807, 2.05) is 11.9 Å². The number of likely N-dealkylation sites (N-methyl/N-ethyl adjacent to an activating group) is 1. The zero-order valence-electron chi connectivity index (χ0n) is 15.8. The molecule has 130 valence electrons. The average Bonchev–Trinajstić information content (AvgIpc) is 2.33. The van der Waals surface area contributed by atoms with Gasteiger partial charge >= 0.3 is 5.97 Å². The summed E-state index contributed by atoms with van der Waals surface area (Å²) in [5.74, 6) is 0.239. The minimum atomic E-state index is -0.768. The third-order valence-electron chi connectivity index (χ3n) is 4.68. The van der Waals surface area contributed by atoms with E-state index in [1.165, 1.54) is 11.3 Å². The maximum Gasteiger partial charge on any atom is 0.322 e.